The van der Waals surface area contributed by atoms with Crippen molar-refractivity contribution in [3.8, 4) is 0 Å². The molecule has 2 fully saturated rings. The Balaban J connectivity index is 2.17. The average molecular weight is 443 g/mol. The molecule has 0 amide bonds. The molecule has 0 heterocycles. The number of ether oxygens (including phenoxy) is 5. The summed E-state index contributed by atoms with van der Waals surface area (Å²) in [4.78, 5) is 47.7. The first-order valence-electron chi connectivity index (χ1n) is 11.1. The largest absolute Gasteiger partial charge is 0.466 e. The lowest BCUT2D eigenvalue weighted by atomic mass is 9.83. The first kappa shape index (κ1) is 25.1. The second-order valence-corrected chi connectivity index (χ2v) is 8.03. The van der Waals surface area contributed by atoms with Crippen molar-refractivity contribution in [1.29, 1.82) is 0 Å². The molecule has 6 unspecified atom stereocenters. The highest BCUT2D eigenvalue weighted by molar-refractivity contribution is 5.73. The van der Waals surface area contributed by atoms with Crippen LogP contribution in [0.4, 0.5) is 0 Å². The number of hydrogen-bond acceptors (Lipinski definition) is 9. The van der Waals surface area contributed by atoms with Gasteiger partial charge in [-0.05, 0) is 52.4 Å². The zero-order chi connectivity index (χ0) is 23.0. The summed E-state index contributed by atoms with van der Waals surface area (Å²) in [5.74, 6) is -2.21. The highest BCUT2D eigenvalue weighted by atomic mass is 16.6. The molecule has 0 aliphatic heterocycles. The highest BCUT2D eigenvalue weighted by Gasteiger charge is 2.43. The number of esters is 4. The van der Waals surface area contributed by atoms with Gasteiger partial charge >= 0.3 is 23.9 Å². The van der Waals surface area contributed by atoms with E-state index in [1.54, 1.807) is 13.8 Å². The topological polar surface area (TPSA) is 114 Å². The van der Waals surface area contributed by atoms with Crippen LogP contribution in [0.3, 0.4) is 0 Å². The minimum absolute atomic E-state index is 0.284. The maximum atomic E-state index is 12.3. The summed E-state index contributed by atoms with van der Waals surface area (Å²) in [5.41, 5.74) is 0. The van der Waals surface area contributed by atoms with E-state index >= 15 is 0 Å². The van der Waals surface area contributed by atoms with Gasteiger partial charge < -0.3 is 23.7 Å². The standard InChI is InChI=1S/C22H34O9/c1-5-27-21(25)15-7-9-17(29-13(3)23)19(11-15)31-20-12-16(22(26)28-6-2)8-10-18(20)30-14(4)24/h15-20H,5-12H2,1-4H3. The predicted octanol–water partition coefficient (Wildman–Crippen LogP) is 2.33. The van der Waals surface area contributed by atoms with Crippen LogP contribution in [0.15, 0.2) is 0 Å². The van der Waals surface area contributed by atoms with Crippen molar-refractivity contribution in [3.63, 3.8) is 0 Å². The van der Waals surface area contributed by atoms with E-state index in [1.165, 1.54) is 13.8 Å². The van der Waals surface area contributed by atoms with Gasteiger partial charge in [-0.25, -0.2) is 0 Å². The quantitative estimate of drug-likeness (QED) is 0.412. The molecule has 0 radical (unpaired) electrons. The first-order chi connectivity index (χ1) is 14.7. The molecule has 0 aromatic carbocycles. The highest BCUT2D eigenvalue weighted by Crippen LogP contribution is 2.35. The van der Waals surface area contributed by atoms with E-state index in [2.05, 4.69) is 0 Å². The zero-order valence-corrected chi connectivity index (χ0v) is 18.8. The SMILES string of the molecule is CCOC(=O)C1CCC(OC(C)=O)C(OC2CC(C(=O)OCC)CCC2OC(C)=O)C1. The van der Waals surface area contributed by atoms with Crippen molar-refractivity contribution in [1.82, 2.24) is 0 Å². The molecule has 0 N–H and O–H groups in total. The molecule has 2 rings (SSSR count). The van der Waals surface area contributed by atoms with Gasteiger partial charge in [0.1, 0.15) is 12.2 Å². The normalized spacial score (nSPS) is 30.7. The summed E-state index contributed by atoms with van der Waals surface area (Å²) < 4.78 is 27.5. The van der Waals surface area contributed by atoms with Crippen molar-refractivity contribution in [3.05, 3.63) is 0 Å². The van der Waals surface area contributed by atoms with Crippen molar-refractivity contribution < 1.29 is 42.9 Å². The van der Waals surface area contributed by atoms with Crippen LogP contribution < -0.4 is 0 Å². The van der Waals surface area contributed by atoms with Gasteiger partial charge in [0.25, 0.3) is 0 Å². The van der Waals surface area contributed by atoms with Crippen LogP contribution in [0.2, 0.25) is 0 Å². The van der Waals surface area contributed by atoms with Crippen LogP contribution >= 0.6 is 0 Å². The molecule has 9 heteroatoms. The molecule has 0 aromatic heterocycles. The molecule has 2 aliphatic rings. The van der Waals surface area contributed by atoms with Crippen LogP contribution in [0.25, 0.3) is 0 Å². The second-order valence-electron chi connectivity index (χ2n) is 8.03. The van der Waals surface area contributed by atoms with Gasteiger partial charge in [0, 0.05) is 13.8 Å². The maximum absolute atomic E-state index is 12.3. The molecule has 0 spiro atoms. The summed E-state index contributed by atoms with van der Waals surface area (Å²) in [6.07, 6.45) is 0.425. The Morgan fingerprint density at radius 3 is 1.35 bits per heavy atom. The van der Waals surface area contributed by atoms with Crippen molar-refractivity contribution >= 4 is 23.9 Å². The zero-order valence-electron chi connectivity index (χ0n) is 18.8. The lowest BCUT2D eigenvalue weighted by Gasteiger charge is -2.40. The van der Waals surface area contributed by atoms with Gasteiger partial charge in [-0.1, -0.05) is 0 Å². The van der Waals surface area contributed by atoms with E-state index in [9.17, 15) is 19.2 Å². The molecule has 0 bridgehead atoms. The lowest BCUT2D eigenvalue weighted by molar-refractivity contribution is -0.191. The van der Waals surface area contributed by atoms with E-state index < -0.39 is 36.4 Å². The fourth-order valence-electron chi connectivity index (χ4n) is 4.36. The van der Waals surface area contributed by atoms with E-state index in [0.717, 1.165) is 0 Å². The van der Waals surface area contributed by atoms with Gasteiger partial charge in [-0.2, -0.15) is 0 Å². The van der Waals surface area contributed by atoms with Gasteiger partial charge in [0.2, 0.25) is 0 Å². The molecule has 2 saturated carbocycles. The number of rotatable bonds is 8. The van der Waals surface area contributed by atoms with Crippen LogP contribution in [-0.4, -0.2) is 61.5 Å². The number of carbonyl (C=O) groups is 4. The smallest absolute Gasteiger partial charge is 0.309 e. The Hall–Kier alpha value is -2.16. The minimum Gasteiger partial charge on any atom is -0.466 e. The van der Waals surface area contributed by atoms with Gasteiger partial charge in [0.15, 0.2) is 0 Å². The van der Waals surface area contributed by atoms with Crippen molar-refractivity contribution in [2.75, 3.05) is 13.2 Å². The van der Waals surface area contributed by atoms with E-state index in [-0.39, 0.29) is 37.0 Å². The van der Waals surface area contributed by atoms with Gasteiger partial charge in [-0.3, -0.25) is 19.2 Å². The van der Waals surface area contributed by atoms with Crippen LogP contribution in [-0.2, 0) is 42.9 Å². The van der Waals surface area contributed by atoms with Crippen molar-refractivity contribution in [2.45, 2.75) is 90.6 Å². The average Bonchev–Trinajstić information content (AvgIpc) is 2.70. The Bertz CT molecular complexity index is 593. The maximum Gasteiger partial charge on any atom is 0.309 e. The summed E-state index contributed by atoms with van der Waals surface area (Å²) >= 11 is 0. The predicted molar refractivity (Wildman–Crippen MR) is 108 cm³/mol. The van der Waals surface area contributed by atoms with Crippen molar-refractivity contribution in [2.24, 2.45) is 11.8 Å². The molecule has 2 aliphatic carbocycles. The molecule has 9 nitrogen and oxygen atoms in total. The molecule has 0 saturated heterocycles. The molecule has 0 aromatic rings. The van der Waals surface area contributed by atoms with Gasteiger partial charge in [0.05, 0.1) is 37.3 Å². The van der Waals surface area contributed by atoms with Crippen LogP contribution in [0.5, 0.6) is 0 Å². The summed E-state index contributed by atoms with van der Waals surface area (Å²) in [6.45, 7) is 6.72. The molecule has 31 heavy (non-hydrogen) atoms. The molecular weight excluding hydrogens is 408 g/mol. The lowest BCUT2D eigenvalue weighted by Crippen LogP contribution is -2.48. The van der Waals surface area contributed by atoms with E-state index in [0.29, 0.717) is 38.5 Å². The number of carbonyl (C=O) groups excluding carboxylic acids is 4. The third-order valence-electron chi connectivity index (χ3n) is 5.69. The molecule has 6 atom stereocenters. The number of hydrogen-bond donors (Lipinski definition) is 0. The fourth-order valence-corrected chi connectivity index (χ4v) is 4.36. The third-order valence-corrected chi connectivity index (χ3v) is 5.69. The Morgan fingerprint density at radius 1 is 0.645 bits per heavy atom. The Labute approximate surface area is 183 Å². The first-order valence-corrected chi connectivity index (χ1v) is 11.1. The van der Waals surface area contributed by atoms with Crippen LogP contribution in [0, 0.1) is 11.8 Å². The van der Waals surface area contributed by atoms with E-state index in [1.807, 2.05) is 0 Å². The monoisotopic (exact) mass is 442 g/mol. The van der Waals surface area contributed by atoms with E-state index in [4.69, 9.17) is 23.7 Å². The third kappa shape index (κ3) is 7.48. The summed E-state index contributed by atoms with van der Waals surface area (Å²) in [7, 11) is 0. The Morgan fingerprint density at radius 2 is 1.03 bits per heavy atom. The Kier molecular flexibility index (Phi) is 9.74. The molecule has 176 valence electrons. The summed E-state index contributed by atoms with van der Waals surface area (Å²) in [5, 5.41) is 0. The van der Waals surface area contributed by atoms with Gasteiger partial charge in [-0.15, -0.1) is 0 Å². The minimum atomic E-state index is -0.573. The van der Waals surface area contributed by atoms with Crippen LogP contribution in [0.1, 0.15) is 66.2 Å². The second kappa shape index (κ2) is 12.0. The summed E-state index contributed by atoms with van der Waals surface area (Å²) in [6, 6.07) is 0. The fraction of sp³-hybridized carbons (Fsp3) is 0.818. The molecular formula is C22H34O9.